The molecule has 5 aliphatic rings. The van der Waals surface area contributed by atoms with Gasteiger partial charge in [-0.1, -0.05) is 181 Å². The van der Waals surface area contributed by atoms with Gasteiger partial charge in [0, 0.05) is 36.9 Å². The fourth-order valence-corrected chi connectivity index (χ4v) is 10.2. The van der Waals surface area contributed by atoms with E-state index >= 15 is 0 Å². The van der Waals surface area contributed by atoms with Crippen molar-refractivity contribution >= 4 is 46.8 Å². The molecule has 90 heavy (non-hydrogen) atoms. The second-order valence-electron chi connectivity index (χ2n) is 21.5. The van der Waals surface area contributed by atoms with E-state index in [-0.39, 0.29) is 22.9 Å². The molecule has 14 nitrogen and oxygen atoms in total. The molecule has 2 N–H and O–H groups in total. The molecule has 0 saturated carbocycles. The number of H-pyrrole nitrogens is 2. The van der Waals surface area contributed by atoms with E-state index in [1.807, 2.05) is 149 Å². The minimum Gasteiger partial charge on any atom is -0.345 e. The molecule has 0 fully saturated rings. The number of hydrogen-bond donors (Lipinski definition) is 2. The Hall–Kier alpha value is -11.6. The number of rotatable bonds is 11. The van der Waals surface area contributed by atoms with Gasteiger partial charge < -0.3 is 9.80 Å². The summed E-state index contributed by atoms with van der Waals surface area (Å²) in [6.07, 6.45) is 34.7. The fraction of sp³-hybridized carbons (Fsp3) is 0.105. The van der Waals surface area contributed by atoms with Crippen LogP contribution in [0.25, 0.3) is 34.7 Å². The molecule has 0 unspecified atom stereocenters. The zero-order valence-corrected chi connectivity index (χ0v) is 51.2. The van der Waals surface area contributed by atoms with Gasteiger partial charge in [-0.15, -0.1) is 0 Å². The van der Waals surface area contributed by atoms with E-state index < -0.39 is 0 Å². The first-order chi connectivity index (χ1) is 43.8. The molecule has 2 amide bonds. The smallest absolute Gasteiger partial charge is 0.280 e. The van der Waals surface area contributed by atoms with Crippen molar-refractivity contribution in [2.24, 2.45) is 10.2 Å². The lowest BCUT2D eigenvalue weighted by molar-refractivity contribution is -0.115. The topological polar surface area (TPSA) is 147 Å². The standard InChI is InChI=1S/2C25H22N4O2.C14H14.C12H12N2/c2*1-18-22(24(30)28(26-18)20-12-6-3-7-13-20)16-10-5-11-17-23-19(2)27-29(25(23)31)21-14-8-4-9-15-21;1-11-3-7-13(8-4-11)14-9-5-12(2)6-10-14;1-3-7-13-9-10-14-8-4-2-6-12(14)11(13)5-1/h2*3-17,26H,1-2H3;3-10H,1-2H3;1-8H,9-10H2. The SMILES string of the molecule is C1=CC2=C3C=CC=CN3CCN2C=C1.CC1=NN(c2ccccc2)C(=O)C1=CC=CC=Cc1c(C)[nH]n(-c2ccccc2)c1=O.CC1=NN(c2ccccc2)C(=O)C1=CC=CC=Cc1c(C)[nH]n(-c2ccccc2)c1=O.Cc1ccc(-c2ccc(C)cc2)cc1. The summed E-state index contributed by atoms with van der Waals surface area (Å²) in [6.45, 7) is 13.7. The Morgan fingerprint density at radius 3 is 1.09 bits per heavy atom. The second kappa shape index (κ2) is 29.2. The summed E-state index contributed by atoms with van der Waals surface area (Å²) < 4.78 is 3.05. The van der Waals surface area contributed by atoms with Gasteiger partial charge in [0.1, 0.15) is 0 Å². The van der Waals surface area contributed by atoms with Crippen molar-refractivity contribution in [1.82, 2.24) is 29.4 Å². The van der Waals surface area contributed by atoms with Crippen molar-refractivity contribution in [3.05, 3.63) is 344 Å². The number of benzene rings is 6. The molecule has 8 aromatic rings. The first-order valence-corrected chi connectivity index (χ1v) is 29.7. The number of allylic oxidation sites excluding steroid dienone is 14. The Kier molecular flexibility index (Phi) is 19.9. The van der Waals surface area contributed by atoms with Crippen LogP contribution >= 0.6 is 0 Å². The van der Waals surface area contributed by atoms with E-state index in [1.165, 1.54) is 53.0 Å². The Balaban J connectivity index is 0.000000140. The highest BCUT2D eigenvalue weighted by Crippen LogP contribution is 2.28. The highest BCUT2D eigenvalue weighted by Gasteiger charge is 2.29. The lowest BCUT2D eigenvalue weighted by Crippen LogP contribution is -2.37. The number of aromatic amines is 2. The Morgan fingerprint density at radius 1 is 0.389 bits per heavy atom. The van der Waals surface area contributed by atoms with Crippen LogP contribution in [0.5, 0.6) is 0 Å². The van der Waals surface area contributed by atoms with Crippen LogP contribution in [0.2, 0.25) is 0 Å². The number of para-hydroxylation sites is 4. The molecule has 0 bridgehead atoms. The number of nitrogens with zero attached hydrogens (tertiary/aromatic N) is 8. The number of aryl methyl sites for hydroxylation is 4. The predicted molar refractivity (Wildman–Crippen MR) is 367 cm³/mol. The summed E-state index contributed by atoms with van der Waals surface area (Å²) in [5.41, 5.74) is 15.8. The number of fused-ring (bicyclic) bond motifs is 2. The van der Waals surface area contributed by atoms with E-state index in [0.29, 0.717) is 33.7 Å². The predicted octanol–water partition coefficient (Wildman–Crippen LogP) is 14.7. The molecule has 0 spiro atoms. The Morgan fingerprint density at radius 2 is 0.733 bits per heavy atom. The number of hydrogen-bond acceptors (Lipinski definition) is 8. The fourth-order valence-electron chi connectivity index (χ4n) is 10.2. The molecular formula is C76H70N10O4. The monoisotopic (exact) mass is 1190 g/mol. The molecule has 6 aromatic carbocycles. The number of carbonyl (C=O) groups excluding carboxylic acids is 2. The quantitative estimate of drug-likeness (QED) is 0.0973. The average molecular weight is 1190 g/mol. The number of hydrazone groups is 2. The molecule has 0 atom stereocenters. The van der Waals surface area contributed by atoms with Crippen molar-refractivity contribution in [2.45, 2.75) is 41.5 Å². The zero-order chi connectivity index (χ0) is 62.9. The lowest BCUT2D eigenvalue weighted by atomic mass is 10.0. The maximum atomic E-state index is 12.7. The first-order valence-electron chi connectivity index (χ1n) is 29.7. The Bertz CT molecular complexity index is 4140. The number of nitrogens with one attached hydrogen (secondary N) is 2. The van der Waals surface area contributed by atoms with Crippen LogP contribution in [-0.4, -0.2) is 65.7 Å². The van der Waals surface area contributed by atoms with Gasteiger partial charge in [0.05, 0.1) is 67.8 Å². The van der Waals surface area contributed by atoms with Gasteiger partial charge in [0.25, 0.3) is 22.9 Å². The van der Waals surface area contributed by atoms with Gasteiger partial charge in [0.15, 0.2) is 0 Å². The number of anilines is 2. The third-order valence-electron chi connectivity index (χ3n) is 15.0. The van der Waals surface area contributed by atoms with Gasteiger partial charge in [0.2, 0.25) is 0 Å². The highest BCUT2D eigenvalue weighted by molar-refractivity contribution is 6.30. The minimum absolute atomic E-state index is 0.112. The molecule has 7 heterocycles. The van der Waals surface area contributed by atoms with E-state index in [9.17, 15) is 19.2 Å². The summed E-state index contributed by atoms with van der Waals surface area (Å²) >= 11 is 0. The van der Waals surface area contributed by atoms with E-state index in [0.717, 1.165) is 47.2 Å². The lowest BCUT2D eigenvalue weighted by Gasteiger charge is -2.37. The van der Waals surface area contributed by atoms with Crippen LogP contribution in [0.3, 0.4) is 0 Å². The number of aromatic nitrogens is 4. The molecule has 448 valence electrons. The molecule has 13 rings (SSSR count). The minimum atomic E-state index is -0.162. The molecule has 0 radical (unpaired) electrons. The molecule has 5 aliphatic heterocycles. The number of carbonyl (C=O) groups is 2. The summed E-state index contributed by atoms with van der Waals surface area (Å²) in [5.74, 6) is -0.325. The van der Waals surface area contributed by atoms with Gasteiger partial charge >= 0.3 is 0 Å². The molecule has 2 aromatic heterocycles. The van der Waals surface area contributed by atoms with Crippen LogP contribution < -0.4 is 21.1 Å². The van der Waals surface area contributed by atoms with Crippen molar-refractivity contribution in [1.29, 1.82) is 0 Å². The van der Waals surface area contributed by atoms with Gasteiger partial charge in [-0.25, -0.2) is 9.36 Å². The van der Waals surface area contributed by atoms with Crippen molar-refractivity contribution < 1.29 is 9.59 Å². The zero-order valence-electron chi connectivity index (χ0n) is 51.2. The summed E-state index contributed by atoms with van der Waals surface area (Å²) in [7, 11) is 0. The largest absolute Gasteiger partial charge is 0.345 e. The summed E-state index contributed by atoms with van der Waals surface area (Å²) in [4.78, 5) is 55.3. The van der Waals surface area contributed by atoms with E-state index in [4.69, 9.17) is 0 Å². The van der Waals surface area contributed by atoms with E-state index in [1.54, 1.807) is 60.8 Å². The molecule has 0 saturated heterocycles. The first kappa shape index (κ1) is 61.4. The maximum Gasteiger partial charge on any atom is 0.280 e. The normalized spacial score (nSPS) is 15.8. The van der Waals surface area contributed by atoms with Crippen LogP contribution in [0.1, 0.15) is 47.5 Å². The second-order valence-corrected chi connectivity index (χ2v) is 21.5. The van der Waals surface area contributed by atoms with Crippen LogP contribution in [-0.2, 0) is 9.59 Å². The molecular weight excluding hydrogens is 1120 g/mol. The van der Waals surface area contributed by atoms with Gasteiger partial charge in [-0.2, -0.15) is 20.2 Å². The van der Waals surface area contributed by atoms with E-state index in [2.05, 4.69) is 141 Å². The van der Waals surface area contributed by atoms with Crippen molar-refractivity contribution in [3.63, 3.8) is 0 Å². The number of amides is 2. The van der Waals surface area contributed by atoms with Gasteiger partial charge in [-0.3, -0.25) is 29.4 Å². The molecule has 14 heteroatoms. The summed E-state index contributed by atoms with van der Waals surface area (Å²) in [6, 6.07) is 54.8. The molecule has 0 aliphatic carbocycles. The van der Waals surface area contributed by atoms with Crippen LogP contribution in [0, 0.1) is 27.7 Å². The third kappa shape index (κ3) is 14.8. The van der Waals surface area contributed by atoms with Crippen molar-refractivity contribution in [2.75, 3.05) is 23.1 Å². The maximum absolute atomic E-state index is 12.7. The van der Waals surface area contributed by atoms with Crippen LogP contribution in [0.15, 0.2) is 310 Å². The average Bonchev–Trinajstić information content (AvgIpc) is 1.90. The third-order valence-corrected chi connectivity index (χ3v) is 15.0. The summed E-state index contributed by atoms with van der Waals surface area (Å²) in [5, 5.41) is 17.7. The Labute approximate surface area is 524 Å². The van der Waals surface area contributed by atoms with Gasteiger partial charge in [-0.05, 0) is 150 Å². The highest BCUT2D eigenvalue weighted by atomic mass is 16.2. The van der Waals surface area contributed by atoms with Crippen molar-refractivity contribution in [3.8, 4) is 22.5 Å². The van der Waals surface area contributed by atoms with Crippen LogP contribution in [0.4, 0.5) is 11.4 Å².